The first-order valence-corrected chi connectivity index (χ1v) is 20.1. The Hall–Kier alpha value is -5.65. The average molecular weight is 861 g/mol. The Balaban J connectivity index is 0.948. The number of sulfonamides is 1. The van der Waals surface area contributed by atoms with E-state index in [0.29, 0.717) is 36.8 Å². The van der Waals surface area contributed by atoms with Crippen LogP contribution in [-0.4, -0.2) is 62.0 Å². The van der Waals surface area contributed by atoms with Crippen LogP contribution in [0.1, 0.15) is 75.2 Å². The minimum absolute atomic E-state index is 0.0157. The molecule has 19 heteroatoms. The maximum atomic E-state index is 13.4. The van der Waals surface area contributed by atoms with Crippen LogP contribution < -0.4 is 25.4 Å². The first kappa shape index (κ1) is 42.0. The Morgan fingerprint density at radius 2 is 1.59 bits per heavy atom. The van der Waals surface area contributed by atoms with Gasteiger partial charge in [-0.05, 0) is 92.1 Å². The first-order chi connectivity index (χ1) is 27.5. The lowest BCUT2D eigenvalue weighted by Crippen LogP contribution is -2.54. The highest BCUT2D eigenvalue weighted by Crippen LogP contribution is 2.38. The van der Waals surface area contributed by atoms with E-state index in [1.807, 2.05) is 0 Å². The van der Waals surface area contributed by atoms with Crippen molar-refractivity contribution in [2.24, 2.45) is 0 Å². The fourth-order valence-electron chi connectivity index (χ4n) is 6.36. The van der Waals surface area contributed by atoms with E-state index in [-0.39, 0.29) is 52.1 Å². The molecule has 0 aliphatic carbocycles. The summed E-state index contributed by atoms with van der Waals surface area (Å²) in [5.41, 5.74) is -0.267. The molecule has 0 spiro atoms. The molecule has 5 amide bonds. The van der Waals surface area contributed by atoms with Gasteiger partial charge in [0.25, 0.3) is 27.7 Å². The zero-order valence-corrected chi connectivity index (χ0v) is 32.6. The third kappa shape index (κ3) is 9.54. The number of rotatable bonds is 15. The number of nitrogens with zero attached hydrogens (tertiary/aromatic N) is 1. The molecule has 2 heterocycles. The summed E-state index contributed by atoms with van der Waals surface area (Å²) in [6, 6.07) is 16.0. The Bertz CT molecular complexity index is 2400. The van der Waals surface area contributed by atoms with Gasteiger partial charge in [0, 0.05) is 35.8 Å². The summed E-state index contributed by atoms with van der Waals surface area (Å²) in [5, 5.41) is 7.70. The number of hydrogen-bond donors (Lipinski definition) is 4. The molecule has 0 aromatic heterocycles. The van der Waals surface area contributed by atoms with E-state index in [9.17, 15) is 45.6 Å². The monoisotopic (exact) mass is 859 g/mol. The van der Waals surface area contributed by atoms with E-state index in [0.717, 1.165) is 36.3 Å². The van der Waals surface area contributed by atoms with Crippen LogP contribution in [0.15, 0.2) is 83.8 Å². The normalized spacial score (nSPS) is 15.5. The number of halogens is 5. The Kier molecular flexibility index (Phi) is 12.6. The van der Waals surface area contributed by atoms with Crippen molar-refractivity contribution in [3.63, 3.8) is 0 Å². The van der Waals surface area contributed by atoms with E-state index in [2.05, 4.69) is 20.7 Å². The number of anilines is 2. The van der Waals surface area contributed by atoms with Crippen LogP contribution in [0.2, 0.25) is 10.0 Å². The molecule has 1 fully saturated rings. The number of nitrogens with one attached hydrogen (secondary N) is 4. The molecule has 6 rings (SSSR count). The highest BCUT2D eigenvalue weighted by atomic mass is 35.5. The quantitative estimate of drug-likeness (QED) is 0.0700. The van der Waals surface area contributed by atoms with Crippen molar-refractivity contribution in [2.75, 3.05) is 23.1 Å². The average Bonchev–Trinajstić information content (AvgIpc) is 3.42. The summed E-state index contributed by atoms with van der Waals surface area (Å²) in [5.74, 6) is -2.41. The molecule has 2 aliphatic rings. The molecule has 0 radical (unpaired) electrons. The topological polar surface area (TPSA) is 180 Å². The van der Waals surface area contributed by atoms with Crippen molar-refractivity contribution >= 4 is 74.1 Å². The number of benzene rings is 4. The zero-order chi connectivity index (χ0) is 41.8. The van der Waals surface area contributed by atoms with Crippen LogP contribution in [0.3, 0.4) is 0 Å². The first-order valence-electron chi connectivity index (χ1n) is 17.9. The number of ether oxygens (including phenoxy) is 1. The zero-order valence-electron chi connectivity index (χ0n) is 30.3. The number of imide groups is 2. The summed E-state index contributed by atoms with van der Waals surface area (Å²) in [6.07, 6.45) is -1.77. The number of amides is 5. The van der Waals surface area contributed by atoms with Gasteiger partial charge in [0.05, 0.1) is 32.3 Å². The largest absolute Gasteiger partial charge is 0.455 e. The minimum Gasteiger partial charge on any atom is -0.455 e. The molecule has 2 aliphatic heterocycles. The van der Waals surface area contributed by atoms with E-state index in [1.54, 1.807) is 12.1 Å². The summed E-state index contributed by atoms with van der Waals surface area (Å²) in [7, 11) is -4.55. The van der Waals surface area contributed by atoms with Gasteiger partial charge in [-0.3, -0.25) is 38.9 Å². The molecule has 13 nitrogen and oxygen atoms in total. The maximum absolute atomic E-state index is 13.4. The molecule has 4 aromatic rings. The molecular weight excluding hydrogens is 826 g/mol. The van der Waals surface area contributed by atoms with Gasteiger partial charge in [-0.15, -0.1) is 0 Å². The molecule has 1 atom stereocenters. The number of carbonyl (C=O) groups excluding carboxylic acids is 5. The summed E-state index contributed by atoms with van der Waals surface area (Å²) in [6.45, 7) is 0.904. The van der Waals surface area contributed by atoms with Crippen LogP contribution in [0.25, 0.3) is 0 Å². The van der Waals surface area contributed by atoms with Gasteiger partial charge >= 0.3 is 6.18 Å². The Morgan fingerprint density at radius 3 is 2.29 bits per heavy atom. The molecule has 0 saturated carbocycles. The van der Waals surface area contributed by atoms with Crippen molar-refractivity contribution < 1.29 is 50.3 Å². The molecular formula is C39H34Cl2F3N5O8S. The second kappa shape index (κ2) is 17.5. The van der Waals surface area contributed by atoms with E-state index < -0.39 is 61.4 Å². The molecule has 4 N–H and O–H groups in total. The number of unbranched alkanes of at least 4 members (excludes halogenated alkanes) is 3. The third-order valence-electron chi connectivity index (χ3n) is 9.26. The number of hydrogen-bond acceptors (Lipinski definition) is 9. The SMILES string of the molecule is O=C1CCC(N2C(=O)c3cccc(NCCCCCCNC(=O)c4ccc(Oc5ccc(Cl)cc5NS(=O)(=O)c5ccc(Cl)c(C(F)(F)F)c5)cc4)c3C2=O)C(=O)N1. The second-order valence-electron chi connectivity index (χ2n) is 13.3. The third-order valence-corrected chi connectivity index (χ3v) is 11.2. The van der Waals surface area contributed by atoms with Gasteiger partial charge in [0.15, 0.2) is 5.75 Å². The molecule has 1 saturated heterocycles. The lowest BCUT2D eigenvalue weighted by atomic mass is 10.0. The molecule has 4 aromatic carbocycles. The predicted molar refractivity (Wildman–Crippen MR) is 208 cm³/mol. The number of fused-ring (bicyclic) bond motifs is 1. The Labute approximate surface area is 340 Å². The van der Waals surface area contributed by atoms with Gasteiger partial charge in [0.2, 0.25) is 11.8 Å². The van der Waals surface area contributed by atoms with Gasteiger partial charge in [-0.2, -0.15) is 13.2 Å². The van der Waals surface area contributed by atoms with Crippen LogP contribution in [0.4, 0.5) is 24.5 Å². The summed E-state index contributed by atoms with van der Waals surface area (Å²) >= 11 is 11.7. The summed E-state index contributed by atoms with van der Waals surface area (Å²) in [4.78, 5) is 63.2. The van der Waals surface area contributed by atoms with Crippen LogP contribution in [-0.2, 0) is 25.8 Å². The number of alkyl halides is 3. The van der Waals surface area contributed by atoms with Crippen LogP contribution in [0.5, 0.6) is 11.5 Å². The highest BCUT2D eigenvalue weighted by Gasteiger charge is 2.45. The lowest BCUT2D eigenvalue weighted by molar-refractivity contribution is -0.138. The van der Waals surface area contributed by atoms with Crippen molar-refractivity contribution in [3.05, 3.63) is 111 Å². The van der Waals surface area contributed by atoms with Crippen molar-refractivity contribution in [1.82, 2.24) is 15.5 Å². The molecule has 304 valence electrons. The van der Waals surface area contributed by atoms with Crippen molar-refractivity contribution in [3.8, 4) is 11.5 Å². The molecule has 1 unspecified atom stereocenters. The smallest absolute Gasteiger partial charge is 0.417 e. The van der Waals surface area contributed by atoms with Gasteiger partial charge < -0.3 is 15.4 Å². The number of piperidine rings is 1. The predicted octanol–water partition coefficient (Wildman–Crippen LogP) is 7.41. The van der Waals surface area contributed by atoms with Crippen molar-refractivity contribution in [2.45, 2.75) is 55.6 Å². The van der Waals surface area contributed by atoms with Crippen molar-refractivity contribution in [1.29, 1.82) is 0 Å². The van der Waals surface area contributed by atoms with E-state index >= 15 is 0 Å². The fraction of sp³-hybridized carbons (Fsp3) is 0.256. The van der Waals surface area contributed by atoms with Crippen LogP contribution in [0, 0.1) is 0 Å². The number of carbonyl (C=O) groups is 5. The summed E-state index contributed by atoms with van der Waals surface area (Å²) < 4.78 is 74.3. The van der Waals surface area contributed by atoms with Gasteiger partial charge in [-0.25, -0.2) is 8.42 Å². The molecule has 58 heavy (non-hydrogen) atoms. The van der Waals surface area contributed by atoms with E-state index in [4.69, 9.17) is 27.9 Å². The molecule has 0 bridgehead atoms. The maximum Gasteiger partial charge on any atom is 0.417 e. The van der Waals surface area contributed by atoms with Gasteiger partial charge in [0.1, 0.15) is 11.8 Å². The van der Waals surface area contributed by atoms with Crippen LogP contribution >= 0.6 is 23.2 Å². The Morgan fingerprint density at radius 1 is 0.862 bits per heavy atom. The standard InChI is InChI=1S/C39H34Cl2F3N5O8S/c40-23-10-16-32(30(20-23)48-58(55,56)25-13-14-28(41)27(21-25)39(42,43)44)57-24-11-8-22(9-12-24)35(51)46-19-4-2-1-3-18-45-29-7-5-6-26-34(29)38(54)49(37(26)53)31-15-17-33(50)47-36(31)52/h5-14,16,20-21,31,45,48H,1-4,15,17-19H2,(H,46,51)(H,47,50,52). The van der Waals surface area contributed by atoms with E-state index in [1.165, 1.54) is 48.5 Å². The second-order valence-corrected chi connectivity index (χ2v) is 15.8. The minimum atomic E-state index is -4.88. The highest BCUT2D eigenvalue weighted by molar-refractivity contribution is 7.92. The fourth-order valence-corrected chi connectivity index (χ4v) is 7.84. The lowest BCUT2D eigenvalue weighted by Gasteiger charge is -2.27. The van der Waals surface area contributed by atoms with Gasteiger partial charge in [-0.1, -0.05) is 42.1 Å².